The van der Waals surface area contributed by atoms with E-state index in [4.69, 9.17) is 4.74 Å². The minimum absolute atomic E-state index is 0.0591. The third-order valence-electron chi connectivity index (χ3n) is 2.91. The van der Waals surface area contributed by atoms with Gasteiger partial charge < -0.3 is 14.9 Å². The van der Waals surface area contributed by atoms with E-state index >= 15 is 0 Å². The largest absolute Gasteiger partial charge is 0.504 e. The third kappa shape index (κ3) is 2.02. The smallest absolute Gasteiger partial charge is 0.160 e. The average Bonchev–Trinajstić information content (AvgIpc) is 2.98. The fourth-order valence-corrected chi connectivity index (χ4v) is 1.73. The van der Waals surface area contributed by atoms with Gasteiger partial charge in [-0.1, -0.05) is 0 Å². The molecule has 0 radical (unpaired) electrons. The highest BCUT2D eigenvalue weighted by Crippen LogP contribution is 2.40. The maximum absolute atomic E-state index is 10.9. The Kier molecular flexibility index (Phi) is 2.59. The van der Waals surface area contributed by atoms with E-state index in [0.717, 1.165) is 12.8 Å². The van der Waals surface area contributed by atoms with Gasteiger partial charge in [-0.05, 0) is 30.5 Å². The van der Waals surface area contributed by atoms with Crippen LogP contribution < -0.4 is 4.74 Å². The van der Waals surface area contributed by atoms with E-state index in [0.29, 0.717) is 29.6 Å². The Labute approximate surface area is 93.5 Å². The quantitative estimate of drug-likeness (QED) is 0.753. The van der Waals surface area contributed by atoms with Crippen molar-refractivity contribution < 1.29 is 19.7 Å². The highest BCUT2D eigenvalue weighted by atomic mass is 16.5. The lowest BCUT2D eigenvalue weighted by molar-refractivity contribution is 0.112. The van der Waals surface area contributed by atoms with Gasteiger partial charge in [0.2, 0.25) is 0 Å². The van der Waals surface area contributed by atoms with E-state index in [1.807, 2.05) is 0 Å². The number of carbonyl (C=O) groups is 1. The van der Waals surface area contributed by atoms with Crippen molar-refractivity contribution in [2.75, 3.05) is 7.11 Å². The zero-order valence-electron chi connectivity index (χ0n) is 9.06. The van der Waals surface area contributed by atoms with Gasteiger partial charge in [-0.2, -0.15) is 0 Å². The number of rotatable bonds is 4. The average molecular weight is 222 g/mol. The van der Waals surface area contributed by atoms with Crippen LogP contribution in [0.25, 0.3) is 0 Å². The van der Waals surface area contributed by atoms with Gasteiger partial charge in [0, 0.05) is 12.0 Å². The molecule has 1 fully saturated rings. The summed E-state index contributed by atoms with van der Waals surface area (Å²) in [4.78, 5) is 10.9. The predicted molar refractivity (Wildman–Crippen MR) is 57.9 cm³/mol. The number of phenolic OH excluding ortho intramolecular Hbond substituents is 1. The molecule has 2 rings (SSSR count). The Hall–Kier alpha value is -1.55. The Morgan fingerprint density at radius 3 is 2.69 bits per heavy atom. The van der Waals surface area contributed by atoms with Gasteiger partial charge in [0.15, 0.2) is 11.5 Å². The molecular weight excluding hydrogens is 208 g/mol. The highest BCUT2D eigenvalue weighted by Gasteiger charge is 2.40. The molecule has 1 aliphatic carbocycles. The number of benzene rings is 1. The molecule has 4 nitrogen and oxygen atoms in total. The number of aldehydes is 1. The minimum Gasteiger partial charge on any atom is -0.504 e. The summed E-state index contributed by atoms with van der Waals surface area (Å²) in [6.07, 6.45) is 2.63. The number of ether oxygens (including phenoxy) is 1. The van der Waals surface area contributed by atoms with Crippen LogP contribution in [0, 0.1) is 0 Å². The lowest BCUT2D eigenvalue weighted by atomic mass is 10.0. The first-order chi connectivity index (χ1) is 7.58. The molecule has 1 saturated carbocycles. The summed E-state index contributed by atoms with van der Waals surface area (Å²) in [7, 11) is 1.45. The SMILES string of the molecule is COc1cc(CC2(O)CC2)c(C=O)cc1O. The van der Waals surface area contributed by atoms with E-state index in [1.54, 1.807) is 6.07 Å². The number of aliphatic hydroxyl groups is 1. The summed E-state index contributed by atoms with van der Waals surface area (Å²) in [5, 5.41) is 19.3. The zero-order valence-corrected chi connectivity index (χ0v) is 9.06. The number of hydrogen-bond donors (Lipinski definition) is 2. The van der Waals surface area contributed by atoms with Crippen molar-refractivity contribution in [1.29, 1.82) is 0 Å². The normalized spacial score (nSPS) is 16.9. The molecule has 86 valence electrons. The maximum atomic E-state index is 10.9. The van der Waals surface area contributed by atoms with E-state index in [9.17, 15) is 15.0 Å². The van der Waals surface area contributed by atoms with Crippen molar-refractivity contribution in [3.05, 3.63) is 23.3 Å². The van der Waals surface area contributed by atoms with Crippen LogP contribution in [0.5, 0.6) is 11.5 Å². The lowest BCUT2D eigenvalue weighted by Crippen LogP contribution is -2.12. The van der Waals surface area contributed by atoms with Gasteiger partial charge in [-0.25, -0.2) is 0 Å². The van der Waals surface area contributed by atoms with E-state index in [1.165, 1.54) is 13.2 Å². The topological polar surface area (TPSA) is 66.8 Å². The van der Waals surface area contributed by atoms with Crippen molar-refractivity contribution >= 4 is 6.29 Å². The molecule has 4 heteroatoms. The lowest BCUT2D eigenvalue weighted by Gasteiger charge is -2.12. The van der Waals surface area contributed by atoms with Gasteiger partial charge in [0.1, 0.15) is 6.29 Å². The molecule has 0 amide bonds. The van der Waals surface area contributed by atoms with Crippen LogP contribution in [-0.4, -0.2) is 29.2 Å². The van der Waals surface area contributed by atoms with Gasteiger partial charge in [-0.15, -0.1) is 0 Å². The second-order valence-electron chi connectivity index (χ2n) is 4.24. The predicted octanol–water partition coefficient (Wildman–Crippen LogP) is 1.28. The van der Waals surface area contributed by atoms with Gasteiger partial charge in [0.05, 0.1) is 12.7 Å². The van der Waals surface area contributed by atoms with E-state index in [-0.39, 0.29) is 5.75 Å². The maximum Gasteiger partial charge on any atom is 0.160 e. The van der Waals surface area contributed by atoms with Crippen LogP contribution in [-0.2, 0) is 6.42 Å². The Bertz CT molecular complexity index is 421. The molecule has 0 heterocycles. The van der Waals surface area contributed by atoms with Crippen molar-refractivity contribution in [3.8, 4) is 11.5 Å². The number of methoxy groups -OCH3 is 1. The first kappa shape index (κ1) is 11.0. The molecule has 0 unspecified atom stereocenters. The van der Waals surface area contributed by atoms with Crippen molar-refractivity contribution in [2.45, 2.75) is 24.9 Å². The van der Waals surface area contributed by atoms with Crippen molar-refractivity contribution in [1.82, 2.24) is 0 Å². The van der Waals surface area contributed by atoms with Gasteiger partial charge in [0.25, 0.3) is 0 Å². The summed E-state index contributed by atoms with van der Waals surface area (Å²) in [6.45, 7) is 0. The molecule has 0 spiro atoms. The molecule has 1 aliphatic rings. The number of carbonyl (C=O) groups excluding carboxylic acids is 1. The molecule has 0 aromatic heterocycles. The molecule has 2 N–H and O–H groups in total. The second kappa shape index (κ2) is 3.79. The first-order valence-corrected chi connectivity index (χ1v) is 5.15. The Morgan fingerprint density at radius 2 is 2.19 bits per heavy atom. The monoisotopic (exact) mass is 222 g/mol. The van der Waals surface area contributed by atoms with Crippen LogP contribution in [0.2, 0.25) is 0 Å². The molecule has 1 aromatic rings. The zero-order chi connectivity index (χ0) is 11.8. The first-order valence-electron chi connectivity index (χ1n) is 5.15. The van der Waals surface area contributed by atoms with E-state index < -0.39 is 5.60 Å². The molecule has 1 aromatic carbocycles. The fourth-order valence-electron chi connectivity index (χ4n) is 1.73. The summed E-state index contributed by atoms with van der Waals surface area (Å²) in [6, 6.07) is 2.97. The van der Waals surface area contributed by atoms with Crippen LogP contribution >= 0.6 is 0 Å². The second-order valence-corrected chi connectivity index (χ2v) is 4.24. The molecule has 16 heavy (non-hydrogen) atoms. The van der Waals surface area contributed by atoms with Gasteiger partial charge in [-0.3, -0.25) is 4.79 Å². The summed E-state index contributed by atoms with van der Waals surface area (Å²) < 4.78 is 4.97. The van der Waals surface area contributed by atoms with Crippen LogP contribution in [0.3, 0.4) is 0 Å². The van der Waals surface area contributed by atoms with Crippen LogP contribution in [0.4, 0.5) is 0 Å². The van der Waals surface area contributed by atoms with Crippen molar-refractivity contribution in [3.63, 3.8) is 0 Å². The minimum atomic E-state index is -0.667. The molecule has 0 atom stereocenters. The molecular formula is C12H14O4. The molecule has 0 bridgehead atoms. The standard InChI is InChI=1S/C12H14O4/c1-16-11-5-8(6-12(15)2-3-12)9(7-13)4-10(11)14/h4-5,7,14-15H,2-3,6H2,1H3. The van der Waals surface area contributed by atoms with Crippen LogP contribution in [0.15, 0.2) is 12.1 Å². The highest BCUT2D eigenvalue weighted by molar-refractivity contribution is 5.79. The van der Waals surface area contributed by atoms with Crippen molar-refractivity contribution in [2.24, 2.45) is 0 Å². The number of phenols is 1. The number of hydrogen-bond acceptors (Lipinski definition) is 4. The molecule has 0 aliphatic heterocycles. The van der Waals surface area contributed by atoms with E-state index in [2.05, 4.69) is 0 Å². The number of aromatic hydroxyl groups is 1. The summed E-state index contributed by atoms with van der Waals surface area (Å²) in [5.41, 5.74) is 0.447. The van der Waals surface area contributed by atoms with Gasteiger partial charge >= 0.3 is 0 Å². The fraction of sp³-hybridized carbons (Fsp3) is 0.417. The molecule has 0 saturated heterocycles. The summed E-state index contributed by atoms with van der Waals surface area (Å²) >= 11 is 0. The Morgan fingerprint density at radius 1 is 1.50 bits per heavy atom. The summed E-state index contributed by atoms with van der Waals surface area (Å²) in [5.74, 6) is 0.265. The van der Waals surface area contributed by atoms with Crippen LogP contribution in [0.1, 0.15) is 28.8 Å². The third-order valence-corrected chi connectivity index (χ3v) is 2.91. The Balaban J connectivity index is 2.36.